The van der Waals surface area contributed by atoms with Crippen LogP contribution in [0.25, 0.3) is 0 Å². The van der Waals surface area contributed by atoms with Crippen LogP contribution in [-0.4, -0.2) is 17.1 Å². The van der Waals surface area contributed by atoms with Crippen molar-refractivity contribution in [1.82, 2.24) is 5.16 Å². The minimum Gasteiger partial charge on any atom is -0.360 e. The van der Waals surface area contributed by atoms with Gasteiger partial charge < -0.3 is 15.6 Å². The number of aromatic nitrogens is 1. The molecule has 0 aromatic carbocycles. The van der Waals surface area contributed by atoms with E-state index in [-0.39, 0.29) is 5.91 Å². The molecule has 1 aromatic heterocycles. The van der Waals surface area contributed by atoms with Crippen LogP contribution in [0.4, 0.5) is 5.82 Å². The topological polar surface area (TPSA) is 81.2 Å². The van der Waals surface area contributed by atoms with Crippen molar-refractivity contribution in [3.8, 4) is 0 Å². The Kier molecular flexibility index (Phi) is 3.85. The molecular weight excluding hydrogens is 194 g/mol. The van der Waals surface area contributed by atoms with Gasteiger partial charge in [0, 0.05) is 6.07 Å². The second kappa shape index (κ2) is 4.93. The quantitative estimate of drug-likeness (QED) is 0.786. The SMILES string of the molecule is Cc1cc(NC(=O)[C@@H](N)CC(C)C)no1. The van der Waals surface area contributed by atoms with Gasteiger partial charge in [-0.05, 0) is 19.3 Å². The van der Waals surface area contributed by atoms with E-state index in [0.29, 0.717) is 23.9 Å². The number of carbonyl (C=O) groups is 1. The van der Waals surface area contributed by atoms with E-state index in [1.807, 2.05) is 13.8 Å². The van der Waals surface area contributed by atoms with Crippen LogP contribution >= 0.6 is 0 Å². The Labute approximate surface area is 89.0 Å². The van der Waals surface area contributed by atoms with Gasteiger partial charge in [0.05, 0.1) is 6.04 Å². The van der Waals surface area contributed by atoms with Crippen molar-refractivity contribution >= 4 is 11.7 Å². The first-order valence-corrected chi connectivity index (χ1v) is 4.98. The van der Waals surface area contributed by atoms with Crippen molar-refractivity contribution in [2.45, 2.75) is 33.2 Å². The fraction of sp³-hybridized carbons (Fsp3) is 0.600. The molecule has 0 fully saturated rings. The molecule has 0 saturated carbocycles. The number of rotatable bonds is 4. The monoisotopic (exact) mass is 211 g/mol. The van der Waals surface area contributed by atoms with Gasteiger partial charge in [0.2, 0.25) is 5.91 Å². The molecule has 0 bridgehead atoms. The van der Waals surface area contributed by atoms with Crippen LogP contribution in [0, 0.1) is 12.8 Å². The molecule has 1 aromatic rings. The number of nitrogens with zero attached hydrogens (tertiary/aromatic N) is 1. The highest BCUT2D eigenvalue weighted by Gasteiger charge is 2.16. The van der Waals surface area contributed by atoms with Crippen LogP contribution in [0.15, 0.2) is 10.6 Å². The first-order chi connectivity index (χ1) is 6.99. The smallest absolute Gasteiger partial charge is 0.242 e. The average Bonchev–Trinajstić information content (AvgIpc) is 2.50. The third kappa shape index (κ3) is 3.71. The summed E-state index contributed by atoms with van der Waals surface area (Å²) in [7, 11) is 0. The maximum atomic E-state index is 11.5. The molecule has 0 saturated heterocycles. The zero-order valence-corrected chi connectivity index (χ0v) is 9.28. The standard InChI is InChI=1S/C10H17N3O2/c1-6(2)4-8(11)10(14)12-9-5-7(3)15-13-9/h5-6,8H,4,11H2,1-3H3,(H,12,13,14)/t8-/m0/s1. The second-order valence-corrected chi connectivity index (χ2v) is 4.05. The lowest BCUT2D eigenvalue weighted by Gasteiger charge is -2.12. The zero-order valence-electron chi connectivity index (χ0n) is 9.28. The molecule has 0 spiro atoms. The number of hydrogen-bond donors (Lipinski definition) is 2. The first-order valence-electron chi connectivity index (χ1n) is 4.98. The summed E-state index contributed by atoms with van der Waals surface area (Å²) in [6.45, 7) is 5.80. The van der Waals surface area contributed by atoms with Crippen LogP contribution in [0.5, 0.6) is 0 Å². The molecule has 0 aliphatic rings. The van der Waals surface area contributed by atoms with Crippen LogP contribution < -0.4 is 11.1 Å². The van der Waals surface area contributed by atoms with Crippen molar-refractivity contribution < 1.29 is 9.32 Å². The van der Waals surface area contributed by atoms with Crippen LogP contribution in [0.3, 0.4) is 0 Å². The van der Waals surface area contributed by atoms with E-state index in [1.165, 1.54) is 0 Å². The van der Waals surface area contributed by atoms with Crippen LogP contribution in [-0.2, 0) is 4.79 Å². The van der Waals surface area contributed by atoms with Crippen molar-refractivity contribution in [2.75, 3.05) is 5.32 Å². The number of hydrogen-bond acceptors (Lipinski definition) is 4. The minimum atomic E-state index is -0.498. The molecule has 1 rings (SSSR count). The highest BCUT2D eigenvalue weighted by atomic mass is 16.5. The Balaban J connectivity index is 2.48. The summed E-state index contributed by atoms with van der Waals surface area (Å²) in [4.78, 5) is 11.5. The summed E-state index contributed by atoms with van der Waals surface area (Å²) in [6, 6.07) is 1.15. The van der Waals surface area contributed by atoms with Gasteiger partial charge in [0.1, 0.15) is 5.76 Å². The third-order valence-corrected chi connectivity index (χ3v) is 1.94. The molecule has 0 aliphatic carbocycles. The Morgan fingerprint density at radius 3 is 2.80 bits per heavy atom. The molecule has 3 N–H and O–H groups in total. The van der Waals surface area contributed by atoms with Gasteiger partial charge in [-0.25, -0.2) is 0 Å². The number of aryl methyl sites for hydroxylation is 1. The molecular formula is C10H17N3O2. The number of amides is 1. The number of carbonyl (C=O) groups excluding carboxylic acids is 1. The number of nitrogens with two attached hydrogens (primary N) is 1. The number of anilines is 1. The highest BCUT2D eigenvalue weighted by Crippen LogP contribution is 2.09. The lowest BCUT2D eigenvalue weighted by molar-refractivity contribution is -0.117. The van der Waals surface area contributed by atoms with Gasteiger partial charge in [-0.3, -0.25) is 4.79 Å². The maximum Gasteiger partial charge on any atom is 0.242 e. The van der Waals surface area contributed by atoms with E-state index in [4.69, 9.17) is 10.3 Å². The molecule has 5 nitrogen and oxygen atoms in total. The fourth-order valence-corrected chi connectivity index (χ4v) is 1.26. The van der Waals surface area contributed by atoms with Crippen molar-refractivity contribution in [3.63, 3.8) is 0 Å². The molecule has 5 heteroatoms. The van der Waals surface area contributed by atoms with Crippen molar-refractivity contribution in [3.05, 3.63) is 11.8 Å². The fourth-order valence-electron chi connectivity index (χ4n) is 1.26. The molecule has 1 atom stereocenters. The average molecular weight is 211 g/mol. The molecule has 0 aliphatic heterocycles. The Hall–Kier alpha value is -1.36. The minimum absolute atomic E-state index is 0.225. The van der Waals surface area contributed by atoms with E-state index in [1.54, 1.807) is 13.0 Å². The van der Waals surface area contributed by atoms with Gasteiger partial charge >= 0.3 is 0 Å². The van der Waals surface area contributed by atoms with Crippen LogP contribution in [0.1, 0.15) is 26.0 Å². The zero-order chi connectivity index (χ0) is 11.4. The van der Waals surface area contributed by atoms with Crippen molar-refractivity contribution in [2.24, 2.45) is 11.7 Å². The van der Waals surface area contributed by atoms with Gasteiger partial charge in [0.25, 0.3) is 0 Å². The van der Waals surface area contributed by atoms with Gasteiger partial charge in [-0.1, -0.05) is 19.0 Å². The van der Waals surface area contributed by atoms with E-state index >= 15 is 0 Å². The van der Waals surface area contributed by atoms with E-state index in [9.17, 15) is 4.79 Å². The summed E-state index contributed by atoms with van der Waals surface area (Å²) in [5, 5.41) is 6.25. The second-order valence-electron chi connectivity index (χ2n) is 4.05. The predicted octanol–water partition coefficient (Wildman–Crippen LogP) is 1.29. The van der Waals surface area contributed by atoms with Gasteiger partial charge in [-0.2, -0.15) is 0 Å². The normalized spacial score (nSPS) is 12.9. The summed E-state index contributed by atoms with van der Waals surface area (Å²) in [5.41, 5.74) is 5.70. The largest absolute Gasteiger partial charge is 0.360 e. The third-order valence-electron chi connectivity index (χ3n) is 1.94. The molecule has 15 heavy (non-hydrogen) atoms. The molecule has 84 valence electrons. The van der Waals surface area contributed by atoms with Gasteiger partial charge in [-0.15, -0.1) is 0 Å². The summed E-state index contributed by atoms with van der Waals surface area (Å²) >= 11 is 0. The van der Waals surface area contributed by atoms with E-state index in [2.05, 4.69) is 10.5 Å². The highest BCUT2D eigenvalue weighted by molar-refractivity contribution is 5.93. The molecule has 1 heterocycles. The lowest BCUT2D eigenvalue weighted by atomic mass is 10.0. The molecule has 0 unspecified atom stereocenters. The molecule has 1 amide bonds. The molecule has 0 radical (unpaired) electrons. The predicted molar refractivity (Wildman–Crippen MR) is 57.3 cm³/mol. The number of nitrogens with one attached hydrogen (secondary N) is 1. The van der Waals surface area contributed by atoms with Crippen LogP contribution in [0.2, 0.25) is 0 Å². The maximum absolute atomic E-state index is 11.5. The van der Waals surface area contributed by atoms with E-state index < -0.39 is 6.04 Å². The Morgan fingerprint density at radius 1 is 1.67 bits per heavy atom. The lowest BCUT2D eigenvalue weighted by Crippen LogP contribution is -2.36. The Bertz CT molecular complexity index is 333. The van der Waals surface area contributed by atoms with Crippen molar-refractivity contribution in [1.29, 1.82) is 0 Å². The Morgan fingerprint density at radius 2 is 2.33 bits per heavy atom. The van der Waals surface area contributed by atoms with E-state index in [0.717, 1.165) is 0 Å². The summed E-state index contributed by atoms with van der Waals surface area (Å²) < 4.78 is 4.82. The summed E-state index contributed by atoms with van der Waals surface area (Å²) in [6.07, 6.45) is 0.655. The first kappa shape index (κ1) is 11.7. The summed E-state index contributed by atoms with van der Waals surface area (Å²) in [5.74, 6) is 1.24. The van der Waals surface area contributed by atoms with Gasteiger partial charge in [0.15, 0.2) is 5.82 Å².